The summed E-state index contributed by atoms with van der Waals surface area (Å²) in [5, 5.41) is 4.46. The van der Waals surface area contributed by atoms with Crippen LogP contribution in [0.5, 0.6) is 11.5 Å². The fraction of sp³-hybridized carbons (Fsp3) is 0.419. The van der Waals surface area contributed by atoms with E-state index in [2.05, 4.69) is 10.00 Å². The maximum Gasteiger partial charge on any atom is 0.410 e. The molecule has 1 aromatic heterocycles. The zero-order valence-electron chi connectivity index (χ0n) is 24.8. The van der Waals surface area contributed by atoms with Crippen LogP contribution in [0.2, 0.25) is 0 Å². The second-order valence-corrected chi connectivity index (χ2v) is 11.4. The summed E-state index contributed by atoms with van der Waals surface area (Å²) in [4.78, 5) is 43.8. The molecule has 0 atom stereocenters. The van der Waals surface area contributed by atoms with Gasteiger partial charge in [0.25, 0.3) is 5.91 Å². The van der Waals surface area contributed by atoms with Crippen molar-refractivity contribution in [3.8, 4) is 17.2 Å². The lowest BCUT2D eigenvalue weighted by Gasteiger charge is -2.35. The zero-order chi connectivity index (χ0) is 30.0. The SMILES string of the molecule is COc1ccc(-n2nc(C=O)c3c2C(=O)N(c2ccc(CN4CCN(C(=O)OC(C)(C)C)CC4)c(OC)c2)CC3)cc1. The van der Waals surface area contributed by atoms with Gasteiger partial charge in [-0.25, -0.2) is 9.48 Å². The van der Waals surface area contributed by atoms with Crippen molar-refractivity contribution in [1.82, 2.24) is 19.6 Å². The molecule has 2 aliphatic rings. The van der Waals surface area contributed by atoms with Gasteiger partial charge in [0.05, 0.1) is 19.9 Å². The third kappa shape index (κ3) is 5.96. The number of nitrogens with zero attached hydrogens (tertiary/aromatic N) is 5. The first-order chi connectivity index (χ1) is 20.1. The van der Waals surface area contributed by atoms with Crippen LogP contribution in [0.1, 0.15) is 52.9 Å². The molecule has 0 radical (unpaired) electrons. The number of aromatic nitrogens is 2. The molecule has 0 bridgehead atoms. The van der Waals surface area contributed by atoms with Crippen molar-refractivity contribution in [2.45, 2.75) is 39.3 Å². The number of methoxy groups -OCH3 is 2. The molecule has 1 fully saturated rings. The number of ether oxygens (including phenoxy) is 3. The van der Waals surface area contributed by atoms with Gasteiger partial charge in [0.2, 0.25) is 0 Å². The highest BCUT2D eigenvalue weighted by Crippen LogP contribution is 2.32. The van der Waals surface area contributed by atoms with Crippen LogP contribution in [-0.2, 0) is 17.7 Å². The van der Waals surface area contributed by atoms with Crippen molar-refractivity contribution in [3.63, 3.8) is 0 Å². The first-order valence-corrected chi connectivity index (χ1v) is 14.0. The summed E-state index contributed by atoms with van der Waals surface area (Å²) in [6.45, 7) is 9.27. The molecule has 1 saturated heterocycles. The Hall–Kier alpha value is -4.38. The second kappa shape index (κ2) is 11.8. The van der Waals surface area contributed by atoms with E-state index in [1.807, 2.05) is 39.0 Å². The Kier molecular flexibility index (Phi) is 8.22. The molecule has 42 heavy (non-hydrogen) atoms. The van der Waals surface area contributed by atoms with Gasteiger partial charge >= 0.3 is 6.09 Å². The molecule has 222 valence electrons. The Labute approximate surface area is 245 Å². The molecule has 0 saturated carbocycles. The maximum atomic E-state index is 13.9. The number of aldehydes is 1. The van der Waals surface area contributed by atoms with Crippen molar-refractivity contribution >= 4 is 24.0 Å². The lowest BCUT2D eigenvalue weighted by molar-refractivity contribution is 0.0138. The van der Waals surface area contributed by atoms with Crippen LogP contribution in [0.4, 0.5) is 10.5 Å². The molecule has 5 rings (SSSR count). The molecule has 0 unspecified atom stereocenters. The first kappa shape index (κ1) is 29.1. The van der Waals surface area contributed by atoms with E-state index in [0.29, 0.717) is 86.1 Å². The summed E-state index contributed by atoms with van der Waals surface area (Å²) in [5.41, 5.74) is 3.13. The minimum atomic E-state index is -0.521. The average molecular weight is 576 g/mol. The average Bonchev–Trinajstić information content (AvgIpc) is 3.37. The summed E-state index contributed by atoms with van der Waals surface area (Å²) in [6.07, 6.45) is 0.914. The van der Waals surface area contributed by atoms with E-state index < -0.39 is 5.60 Å². The molecule has 2 aliphatic heterocycles. The van der Waals surface area contributed by atoms with Gasteiger partial charge in [-0.3, -0.25) is 14.5 Å². The molecule has 11 heteroatoms. The highest BCUT2D eigenvalue weighted by Gasteiger charge is 2.33. The van der Waals surface area contributed by atoms with Gasteiger partial charge in [0, 0.05) is 62.1 Å². The Morgan fingerprint density at radius 2 is 1.64 bits per heavy atom. The highest BCUT2D eigenvalue weighted by molar-refractivity contribution is 6.08. The van der Waals surface area contributed by atoms with Crippen molar-refractivity contribution in [3.05, 3.63) is 65.0 Å². The molecule has 11 nitrogen and oxygen atoms in total. The van der Waals surface area contributed by atoms with Gasteiger partial charge < -0.3 is 24.0 Å². The van der Waals surface area contributed by atoms with Gasteiger partial charge in [-0.1, -0.05) is 6.07 Å². The second-order valence-electron chi connectivity index (χ2n) is 11.4. The van der Waals surface area contributed by atoms with Crippen LogP contribution in [0.15, 0.2) is 42.5 Å². The van der Waals surface area contributed by atoms with E-state index in [-0.39, 0.29) is 17.7 Å². The summed E-state index contributed by atoms with van der Waals surface area (Å²) in [6, 6.07) is 13.0. The Morgan fingerprint density at radius 1 is 0.952 bits per heavy atom. The van der Waals surface area contributed by atoms with Crippen LogP contribution < -0.4 is 14.4 Å². The number of piperazine rings is 1. The van der Waals surface area contributed by atoms with E-state index in [1.54, 1.807) is 48.3 Å². The molecule has 2 aromatic carbocycles. The third-order valence-corrected chi connectivity index (χ3v) is 7.48. The fourth-order valence-electron chi connectivity index (χ4n) is 5.33. The van der Waals surface area contributed by atoms with Crippen LogP contribution in [0.25, 0.3) is 5.69 Å². The summed E-state index contributed by atoms with van der Waals surface area (Å²) in [7, 11) is 3.21. The normalized spacial score (nSPS) is 15.8. The molecule has 0 N–H and O–H groups in total. The minimum absolute atomic E-state index is 0.235. The lowest BCUT2D eigenvalue weighted by atomic mass is 10.0. The molecular formula is C31H37N5O6. The van der Waals surface area contributed by atoms with E-state index in [9.17, 15) is 14.4 Å². The summed E-state index contributed by atoms with van der Waals surface area (Å²) >= 11 is 0. The van der Waals surface area contributed by atoms with Gasteiger partial charge in [-0.05, 0) is 57.5 Å². The number of hydrogen-bond acceptors (Lipinski definition) is 8. The lowest BCUT2D eigenvalue weighted by Crippen LogP contribution is -2.49. The monoisotopic (exact) mass is 575 g/mol. The highest BCUT2D eigenvalue weighted by atomic mass is 16.6. The largest absolute Gasteiger partial charge is 0.497 e. The standard InChI is InChI=1S/C31H37N5O6/c1-31(2,3)42-30(39)34-16-14-33(15-17-34)19-21-6-7-23(18-27(21)41-5)35-13-12-25-26(20-37)32-36(28(25)29(35)38)22-8-10-24(40-4)11-9-22/h6-11,18,20H,12-17,19H2,1-5H3. The van der Waals surface area contributed by atoms with Crippen LogP contribution >= 0.6 is 0 Å². The van der Waals surface area contributed by atoms with Crippen LogP contribution in [-0.4, -0.2) is 90.4 Å². The molecule has 0 spiro atoms. The minimum Gasteiger partial charge on any atom is -0.497 e. The zero-order valence-corrected chi connectivity index (χ0v) is 24.8. The number of anilines is 1. The van der Waals surface area contributed by atoms with E-state index >= 15 is 0 Å². The fourth-order valence-corrected chi connectivity index (χ4v) is 5.33. The summed E-state index contributed by atoms with van der Waals surface area (Å²) < 4.78 is 18.0. The number of amides is 2. The van der Waals surface area contributed by atoms with Crippen molar-refractivity contribution in [1.29, 1.82) is 0 Å². The number of rotatable bonds is 7. The smallest absolute Gasteiger partial charge is 0.410 e. The van der Waals surface area contributed by atoms with E-state index in [0.717, 1.165) is 5.56 Å². The molecule has 3 heterocycles. The number of hydrogen-bond donors (Lipinski definition) is 0. The molecule has 3 aromatic rings. The number of fused-ring (bicyclic) bond motifs is 1. The van der Waals surface area contributed by atoms with Gasteiger partial charge in [-0.2, -0.15) is 5.10 Å². The number of carbonyl (C=O) groups excluding carboxylic acids is 3. The van der Waals surface area contributed by atoms with Crippen molar-refractivity contribution in [2.75, 3.05) is 51.8 Å². The van der Waals surface area contributed by atoms with Crippen molar-refractivity contribution in [2.24, 2.45) is 0 Å². The summed E-state index contributed by atoms with van der Waals surface area (Å²) in [5.74, 6) is 1.12. The topological polar surface area (TPSA) is 106 Å². The van der Waals surface area contributed by atoms with E-state index in [1.165, 1.54) is 4.68 Å². The van der Waals surface area contributed by atoms with Gasteiger partial charge in [0.15, 0.2) is 6.29 Å². The Bertz CT molecular complexity index is 1470. The van der Waals surface area contributed by atoms with Gasteiger partial charge in [-0.15, -0.1) is 0 Å². The predicted molar refractivity (Wildman–Crippen MR) is 157 cm³/mol. The molecular weight excluding hydrogens is 538 g/mol. The van der Waals surface area contributed by atoms with Crippen LogP contribution in [0.3, 0.4) is 0 Å². The Morgan fingerprint density at radius 3 is 2.26 bits per heavy atom. The van der Waals surface area contributed by atoms with Gasteiger partial charge in [0.1, 0.15) is 28.5 Å². The predicted octanol–water partition coefficient (Wildman–Crippen LogP) is 3.96. The molecule has 0 aliphatic carbocycles. The quantitative estimate of drug-likeness (QED) is 0.390. The number of benzene rings is 2. The molecule has 2 amide bonds. The first-order valence-electron chi connectivity index (χ1n) is 14.0. The van der Waals surface area contributed by atoms with E-state index in [4.69, 9.17) is 14.2 Å². The number of carbonyl (C=O) groups is 3. The van der Waals surface area contributed by atoms with Crippen molar-refractivity contribution < 1.29 is 28.6 Å². The third-order valence-electron chi connectivity index (χ3n) is 7.48. The van der Waals surface area contributed by atoms with Crippen LogP contribution in [0, 0.1) is 0 Å². The maximum absolute atomic E-state index is 13.9. The Balaban J connectivity index is 1.32.